The van der Waals surface area contributed by atoms with Crippen LogP contribution in [0.4, 0.5) is 0 Å². The predicted molar refractivity (Wildman–Crippen MR) is 104 cm³/mol. The minimum absolute atomic E-state index is 0.0226. The van der Waals surface area contributed by atoms with Crippen LogP contribution in [0.2, 0.25) is 0 Å². The topological polar surface area (TPSA) is 73.3 Å². The third-order valence-corrected chi connectivity index (χ3v) is 4.04. The van der Waals surface area contributed by atoms with Gasteiger partial charge in [0.25, 0.3) is 0 Å². The Bertz CT molecular complexity index is 919. The van der Waals surface area contributed by atoms with Crippen molar-refractivity contribution in [1.82, 2.24) is 10.6 Å². The average Bonchev–Trinajstić information content (AvgIpc) is 3.11. The van der Waals surface area contributed by atoms with Crippen molar-refractivity contribution in [1.29, 1.82) is 5.26 Å². The van der Waals surface area contributed by atoms with E-state index >= 15 is 0 Å². The van der Waals surface area contributed by atoms with Gasteiger partial charge in [0.15, 0.2) is 5.96 Å². The Kier molecular flexibility index (Phi) is 5.55. The molecule has 2 N–H and O–H groups in total. The summed E-state index contributed by atoms with van der Waals surface area (Å²) < 4.78 is 5.92. The molecule has 0 radical (unpaired) electrons. The van der Waals surface area contributed by atoms with Gasteiger partial charge in [-0.05, 0) is 43.7 Å². The molecule has 26 heavy (non-hydrogen) atoms. The van der Waals surface area contributed by atoms with Gasteiger partial charge >= 0.3 is 0 Å². The van der Waals surface area contributed by atoms with Crippen molar-refractivity contribution in [3.63, 3.8) is 0 Å². The fourth-order valence-corrected chi connectivity index (χ4v) is 2.72. The number of guanidine groups is 1. The molecule has 0 amide bonds. The second-order valence-corrected chi connectivity index (χ2v) is 6.06. The zero-order chi connectivity index (χ0) is 18.4. The van der Waals surface area contributed by atoms with Crippen molar-refractivity contribution in [2.24, 2.45) is 4.99 Å². The fourth-order valence-electron chi connectivity index (χ4n) is 2.72. The molecular weight excluding hydrogens is 324 g/mol. The lowest BCUT2D eigenvalue weighted by Crippen LogP contribution is -2.38. The van der Waals surface area contributed by atoms with Crippen molar-refractivity contribution in [3.05, 3.63) is 71.5 Å². The Hall–Kier alpha value is -3.26. The molecule has 5 nitrogen and oxygen atoms in total. The molecule has 0 bridgehead atoms. The van der Waals surface area contributed by atoms with E-state index in [4.69, 9.17) is 9.68 Å². The van der Waals surface area contributed by atoms with E-state index in [1.165, 1.54) is 0 Å². The summed E-state index contributed by atoms with van der Waals surface area (Å²) in [4.78, 5) is 4.62. The molecule has 0 aliphatic rings. The molecule has 1 heterocycles. The second-order valence-electron chi connectivity index (χ2n) is 6.06. The average molecular weight is 346 g/mol. The zero-order valence-corrected chi connectivity index (χ0v) is 15.0. The van der Waals surface area contributed by atoms with Crippen molar-refractivity contribution in [3.8, 4) is 6.07 Å². The van der Waals surface area contributed by atoms with E-state index in [1.54, 1.807) is 6.07 Å². The summed E-state index contributed by atoms with van der Waals surface area (Å²) in [6, 6.07) is 19.6. The zero-order valence-electron chi connectivity index (χ0n) is 15.0. The highest BCUT2D eigenvalue weighted by atomic mass is 16.3. The normalized spacial score (nSPS) is 12.6. The van der Waals surface area contributed by atoms with Crippen LogP contribution < -0.4 is 10.6 Å². The summed E-state index contributed by atoms with van der Waals surface area (Å²) in [5.74, 6) is 1.58. The van der Waals surface area contributed by atoms with Crippen LogP contribution in [0.3, 0.4) is 0 Å². The van der Waals surface area contributed by atoms with Gasteiger partial charge in [0.1, 0.15) is 11.3 Å². The molecule has 1 atom stereocenters. The van der Waals surface area contributed by atoms with Crippen LogP contribution in [0.5, 0.6) is 0 Å². The first-order valence-electron chi connectivity index (χ1n) is 8.72. The Morgan fingerprint density at radius 3 is 2.81 bits per heavy atom. The molecule has 0 saturated heterocycles. The van der Waals surface area contributed by atoms with Crippen LogP contribution in [0, 0.1) is 11.3 Å². The van der Waals surface area contributed by atoms with E-state index in [1.807, 2.05) is 62.4 Å². The Morgan fingerprint density at radius 1 is 1.19 bits per heavy atom. The number of hydrogen-bond donors (Lipinski definition) is 2. The van der Waals surface area contributed by atoms with Gasteiger partial charge in [0.05, 0.1) is 24.2 Å². The molecule has 0 fully saturated rings. The van der Waals surface area contributed by atoms with Crippen LogP contribution in [0.1, 0.15) is 36.8 Å². The molecule has 2 aromatic carbocycles. The van der Waals surface area contributed by atoms with Crippen molar-refractivity contribution >= 4 is 16.9 Å². The minimum atomic E-state index is -0.0226. The lowest BCUT2D eigenvalue weighted by atomic mass is 10.1. The summed E-state index contributed by atoms with van der Waals surface area (Å²) >= 11 is 0. The van der Waals surface area contributed by atoms with Crippen molar-refractivity contribution in [2.75, 3.05) is 6.54 Å². The number of nitrogens with zero attached hydrogens (tertiary/aromatic N) is 2. The molecule has 0 aliphatic heterocycles. The number of fused-ring (bicyclic) bond motifs is 1. The number of benzene rings is 2. The van der Waals surface area contributed by atoms with Gasteiger partial charge in [-0.2, -0.15) is 5.26 Å². The first kappa shape index (κ1) is 17.6. The van der Waals surface area contributed by atoms with E-state index in [2.05, 4.69) is 21.7 Å². The van der Waals surface area contributed by atoms with Crippen LogP contribution in [0.15, 0.2) is 64.0 Å². The molecule has 0 spiro atoms. The van der Waals surface area contributed by atoms with Crippen LogP contribution in [-0.2, 0) is 6.54 Å². The second kappa shape index (κ2) is 8.21. The Morgan fingerprint density at radius 2 is 2.04 bits per heavy atom. The number of furan rings is 1. The van der Waals surface area contributed by atoms with E-state index in [9.17, 15) is 0 Å². The SMILES string of the molecule is CCNC(=NCc1cccc(C#N)c1)NC(C)c1cc2ccccc2o1. The highest BCUT2D eigenvalue weighted by Gasteiger charge is 2.13. The third-order valence-electron chi connectivity index (χ3n) is 4.04. The number of para-hydroxylation sites is 1. The van der Waals surface area contributed by atoms with Crippen LogP contribution in [0.25, 0.3) is 11.0 Å². The molecule has 3 rings (SSSR count). The number of nitriles is 1. The van der Waals surface area contributed by atoms with Crippen LogP contribution in [-0.4, -0.2) is 12.5 Å². The smallest absolute Gasteiger partial charge is 0.192 e. The summed E-state index contributed by atoms with van der Waals surface area (Å²) in [5.41, 5.74) is 2.52. The van der Waals surface area contributed by atoms with E-state index in [0.717, 1.165) is 28.8 Å². The van der Waals surface area contributed by atoms with Crippen LogP contribution >= 0.6 is 0 Å². The number of rotatable bonds is 5. The maximum Gasteiger partial charge on any atom is 0.192 e. The van der Waals surface area contributed by atoms with Gasteiger partial charge in [-0.3, -0.25) is 0 Å². The number of aliphatic imine (C=N–C) groups is 1. The minimum Gasteiger partial charge on any atom is -0.459 e. The quantitative estimate of drug-likeness (QED) is 0.538. The largest absolute Gasteiger partial charge is 0.459 e. The first-order valence-corrected chi connectivity index (χ1v) is 8.72. The molecule has 5 heteroatoms. The summed E-state index contributed by atoms with van der Waals surface area (Å²) in [5, 5.41) is 16.7. The van der Waals surface area contributed by atoms with E-state index < -0.39 is 0 Å². The summed E-state index contributed by atoms with van der Waals surface area (Å²) in [6.45, 7) is 5.33. The Labute approximate surface area is 153 Å². The van der Waals surface area contributed by atoms with Crippen molar-refractivity contribution < 1.29 is 4.42 Å². The highest BCUT2D eigenvalue weighted by molar-refractivity contribution is 5.81. The first-order chi connectivity index (χ1) is 12.7. The molecule has 1 aromatic heterocycles. The molecule has 3 aromatic rings. The summed E-state index contributed by atoms with van der Waals surface area (Å²) in [7, 11) is 0. The third kappa shape index (κ3) is 4.22. The van der Waals surface area contributed by atoms with Gasteiger partial charge in [-0.1, -0.05) is 30.3 Å². The standard InChI is InChI=1S/C21H22N4O/c1-3-23-21(24-14-17-8-6-7-16(11-17)13-22)25-15(2)20-12-18-9-4-5-10-19(18)26-20/h4-12,15H,3,14H2,1-2H3,(H2,23,24,25). The maximum atomic E-state index is 9.01. The summed E-state index contributed by atoms with van der Waals surface area (Å²) in [6.07, 6.45) is 0. The number of nitrogens with one attached hydrogen (secondary N) is 2. The van der Waals surface area contributed by atoms with Gasteiger partial charge in [0, 0.05) is 11.9 Å². The molecular formula is C21H22N4O. The van der Waals surface area contributed by atoms with E-state index in [-0.39, 0.29) is 6.04 Å². The maximum absolute atomic E-state index is 9.01. The molecule has 0 aliphatic carbocycles. The molecule has 0 saturated carbocycles. The van der Waals surface area contributed by atoms with Gasteiger partial charge in [-0.25, -0.2) is 4.99 Å². The highest BCUT2D eigenvalue weighted by Crippen LogP contribution is 2.23. The Balaban J connectivity index is 1.73. The lowest BCUT2D eigenvalue weighted by Gasteiger charge is -2.16. The van der Waals surface area contributed by atoms with Gasteiger partial charge in [-0.15, -0.1) is 0 Å². The number of hydrogen-bond acceptors (Lipinski definition) is 3. The fraction of sp³-hybridized carbons (Fsp3) is 0.238. The van der Waals surface area contributed by atoms with Gasteiger partial charge in [0.2, 0.25) is 0 Å². The van der Waals surface area contributed by atoms with Crippen molar-refractivity contribution in [2.45, 2.75) is 26.4 Å². The van der Waals surface area contributed by atoms with Gasteiger partial charge < -0.3 is 15.1 Å². The lowest BCUT2D eigenvalue weighted by molar-refractivity contribution is 0.488. The monoisotopic (exact) mass is 346 g/mol. The predicted octanol–water partition coefficient (Wildman–Crippen LogP) is 4.12. The molecule has 1 unspecified atom stereocenters. The van der Waals surface area contributed by atoms with E-state index in [0.29, 0.717) is 18.1 Å². The molecule has 132 valence electrons.